The molecule has 1 aromatic carbocycles. The van der Waals surface area contributed by atoms with Crippen molar-refractivity contribution in [3.63, 3.8) is 0 Å². The molecule has 10 nitrogen and oxygen atoms in total. The topological polar surface area (TPSA) is 124 Å². The van der Waals surface area contributed by atoms with Gasteiger partial charge < -0.3 is 19.5 Å². The molecule has 1 fully saturated rings. The van der Waals surface area contributed by atoms with Gasteiger partial charge in [0.1, 0.15) is 17.2 Å². The summed E-state index contributed by atoms with van der Waals surface area (Å²) in [6.45, 7) is 1.53. The van der Waals surface area contributed by atoms with Gasteiger partial charge in [0.25, 0.3) is 11.8 Å². The Labute approximate surface area is 204 Å². The van der Waals surface area contributed by atoms with Gasteiger partial charge in [-0.1, -0.05) is 6.08 Å². The van der Waals surface area contributed by atoms with E-state index in [4.69, 9.17) is 14.2 Å². The van der Waals surface area contributed by atoms with Crippen molar-refractivity contribution in [2.24, 2.45) is 10.9 Å². The first kappa shape index (κ1) is 24.8. The third kappa shape index (κ3) is 5.21. The van der Waals surface area contributed by atoms with Gasteiger partial charge in [-0.05, 0) is 42.8 Å². The maximum atomic E-state index is 12.7. The third-order valence-corrected chi connectivity index (χ3v) is 7.89. The Bertz CT molecular complexity index is 1220. The second kappa shape index (κ2) is 10.5. The third-order valence-electron chi connectivity index (χ3n) is 5.98. The highest BCUT2D eigenvalue weighted by Crippen LogP contribution is 2.30. The molecule has 11 heteroatoms. The first-order valence-electron chi connectivity index (χ1n) is 11.1. The number of sulfonamides is 1. The lowest BCUT2D eigenvalue weighted by Crippen LogP contribution is -2.40. The van der Waals surface area contributed by atoms with Crippen LogP contribution in [-0.2, 0) is 29.0 Å². The smallest absolute Gasteiger partial charge is 0.273 e. The number of hydrogen-bond donors (Lipinski definition) is 1. The summed E-state index contributed by atoms with van der Waals surface area (Å²) >= 11 is 0. The minimum absolute atomic E-state index is 0.126. The fourth-order valence-corrected chi connectivity index (χ4v) is 5.47. The SMILES string of the molecule is COC1=CC=C(OC)C2C=C(CCNC(=O)c3ccc(S(=O)(=O)N4CCOCC4)cc3)C(=O)N=C12. The molecule has 0 bridgehead atoms. The van der Waals surface area contributed by atoms with Crippen LogP contribution in [-0.4, -0.2) is 77.3 Å². The van der Waals surface area contributed by atoms with Crippen LogP contribution in [0.2, 0.25) is 0 Å². The zero-order chi connectivity index (χ0) is 25.0. The van der Waals surface area contributed by atoms with E-state index in [9.17, 15) is 18.0 Å². The summed E-state index contributed by atoms with van der Waals surface area (Å²) in [4.78, 5) is 29.4. The van der Waals surface area contributed by atoms with E-state index in [1.165, 1.54) is 35.7 Å². The van der Waals surface area contributed by atoms with E-state index in [0.29, 0.717) is 54.7 Å². The standard InChI is InChI=1S/C24H27N3O7S/c1-32-20-7-8-21(33-2)22-19(20)15-17(24(29)26-22)9-10-25-23(28)16-3-5-18(6-4-16)35(30,31)27-11-13-34-14-12-27/h3-8,15,19H,9-14H2,1-2H3,(H,25,28). The quantitative estimate of drug-likeness (QED) is 0.571. The predicted molar refractivity (Wildman–Crippen MR) is 127 cm³/mol. The van der Waals surface area contributed by atoms with Crippen LogP contribution >= 0.6 is 0 Å². The van der Waals surface area contributed by atoms with Crippen molar-refractivity contribution in [2.75, 3.05) is 47.1 Å². The molecule has 186 valence electrons. The zero-order valence-electron chi connectivity index (χ0n) is 19.5. The maximum absolute atomic E-state index is 12.7. The number of hydrogen-bond acceptors (Lipinski definition) is 7. The van der Waals surface area contributed by atoms with Gasteiger partial charge >= 0.3 is 0 Å². The number of nitrogens with zero attached hydrogens (tertiary/aromatic N) is 2. The molecule has 0 saturated carbocycles. The number of carbonyl (C=O) groups excluding carboxylic acids is 2. The second-order valence-corrected chi connectivity index (χ2v) is 9.96. The summed E-state index contributed by atoms with van der Waals surface area (Å²) in [5.41, 5.74) is 1.28. The summed E-state index contributed by atoms with van der Waals surface area (Å²) in [5, 5.41) is 2.77. The number of benzene rings is 1. The van der Waals surface area contributed by atoms with Crippen molar-refractivity contribution in [1.82, 2.24) is 9.62 Å². The van der Waals surface area contributed by atoms with Gasteiger partial charge in [-0.25, -0.2) is 13.4 Å². The van der Waals surface area contributed by atoms with E-state index < -0.39 is 10.0 Å². The molecule has 1 atom stereocenters. The number of aliphatic imine (C=N–C) groups is 1. The van der Waals surface area contributed by atoms with Gasteiger partial charge in [-0.15, -0.1) is 0 Å². The first-order valence-corrected chi connectivity index (χ1v) is 12.6. The molecular formula is C24H27N3O7S. The summed E-state index contributed by atoms with van der Waals surface area (Å²) < 4.78 is 42.8. The fourth-order valence-electron chi connectivity index (χ4n) is 4.06. The van der Waals surface area contributed by atoms with Gasteiger partial charge in [-0.2, -0.15) is 4.31 Å². The molecule has 35 heavy (non-hydrogen) atoms. The molecule has 2 amide bonds. The Balaban J connectivity index is 1.36. The Morgan fingerprint density at radius 1 is 1.14 bits per heavy atom. The van der Waals surface area contributed by atoms with Crippen molar-refractivity contribution >= 4 is 27.5 Å². The number of nitrogens with one attached hydrogen (secondary N) is 1. The van der Waals surface area contributed by atoms with Crippen molar-refractivity contribution < 1.29 is 32.2 Å². The van der Waals surface area contributed by atoms with Crippen molar-refractivity contribution in [1.29, 1.82) is 0 Å². The van der Waals surface area contributed by atoms with Crippen LogP contribution in [0.4, 0.5) is 0 Å². The van der Waals surface area contributed by atoms with Crippen LogP contribution in [0.3, 0.4) is 0 Å². The van der Waals surface area contributed by atoms with E-state index in [1.807, 2.05) is 0 Å². The lowest BCUT2D eigenvalue weighted by atomic mass is 9.89. The number of morpholine rings is 1. The number of carbonyl (C=O) groups is 2. The second-order valence-electron chi connectivity index (χ2n) is 8.03. The van der Waals surface area contributed by atoms with Crippen LogP contribution in [0, 0.1) is 5.92 Å². The normalized spacial score (nSPS) is 20.6. The van der Waals surface area contributed by atoms with Crippen LogP contribution in [0.25, 0.3) is 0 Å². The number of dihydropyridines is 1. The predicted octanol–water partition coefficient (Wildman–Crippen LogP) is 1.43. The molecule has 1 saturated heterocycles. The first-order chi connectivity index (χ1) is 16.8. The summed E-state index contributed by atoms with van der Waals surface area (Å²) in [7, 11) is -0.561. The van der Waals surface area contributed by atoms with Gasteiger partial charge in [0, 0.05) is 30.8 Å². The molecule has 1 N–H and O–H groups in total. The summed E-state index contributed by atoms with van der Waals surface area (Å²) in [5.74, 6) is 0.0680. The Morgan fingerprint density at radius 3 is 2.51 bits per heavy atom. The van der Waals surface area contributed by atoms with Crippen LogP contribution in [0.5, 0.6) is 0 Å². The van der Waals surface area contributed by atoms with Crippen molar-refractivity contribution in [3.05, 3.63) is 65.1 Å². The van der Waals surface area contributed by atoms with Gasteiger partial charge in [0.15, 0.2) is 0 Å². The van der Waals surface area contributed by atoms with E-state index >= 15 is 0 Å². The molecular weight excluding hydrogens is 474 g/mol. The van der Waals surface area contributed by atoms with Gasteiger partial charge in [0.05, 0.1) is 38.2 Å². The van der Waals surface area contributed by atoms with Crippen molar-refractivity contribution in [2.45, 2.75) is 11.3 Å². The summed E-state index contributed by atoms with van der Waals surface area (Å²) in [6.07, 6.45) is 5.54. The molecule has 0 spiro atoms. The number of methoxy groups -OCH3 is 2. The van der Waals surface area contributed by atoms with Crippen LogP contribution in [0.1, 0.15) is 16.8 Å². The lowest BCUT2D eigenvalue weighted by Gasteiger charge is -2.26. The number of rotatable bonds is 8. The lowest BCUT2D eigenvalue weighted by molar-refractivity contribution is -0.114. The number of ether oxygens (including phenoxy) is 3. The molecule has 4 rings (SSSR count). The minimum atomic E-state index is -3.63. The van der Waals surface area contributed by atoms with E-state index in [0.717, 1.165) is 0 Å². The fraction of sp³-hybridized carbons (Fsp3) is 0.375. The maximum Gasteiger partial charge on any atom is 0.273 e. The number of allylic oxidation sites excluding steroid dienone is 4. The monoisotopic (exact) mass is 501 g/mol. The van der Waals surface area contributed by atoms with Crippen LogP contribution in [0.15, 0.2) is 69.5 Å². The number of fused-ring (bicyclic) bond motifs is 1. The molecule has 2 aliphatic heterocycles. The number of amides is 2. The summed E-state index contributed by atoms with van der Waals surface area (Å²) in [6, 6.07) is 5.79. The highest BCUT2D eigenvalue weighted by Gasteiger charge is 2.32. The molecule has 2 heterocycles. The average molecular weight is 502 g/mol. The highest BCUT2D eigenvalue weighted by atomic mass is 32.2. The molecule has 0 aromatic heterocycles. The Kier molecular flexibility index (Phi) is 7.48. The molecule has 1 aliphatic carbocycles. The minimum Gasteiger partial charge on any atom is -0.500 e. The van der Waals surface area contributed by atoms with Gasteiger partial charge in [-0.3, -0.25) is 9.59 Å². The average Bonchev–Trinajstić information content (AvgIpc) is 2.89. The Morgan fingerprint density at radius 2 is 1.86 bits per heavy atom. The van der Waals surface area contributed by atoms with E-state index in [2.05, 4.69) is 10.3 Å². The van der Waals surface area contributed by atoms with Crippen LogP contribution < -0.4 is 5.32 Å². The van der Waals surface area contributed by atoms with E-state index in [-0.39, 0.29) is 35.6 Å². The molecule has 0 radical (unpaired) electrons. The van der Waals surface area contributed by atoms with Gasteiger partial charge in [0.2, 0.25) is 10.0 Å². The zero-order valence-corrected chi connectivity index (χ0v) is 20.3. The molecule has 3 aliphatic rings. The molecule has 1 aromatic rings. The highest BCUT2D eigenvalue weighted by molar-refractivity contribution is 7.89. The van der Waals surface area contributed by atoms with E-state index in [1.54, 1.807) is 25.3 Å². The van der Waals surface area contributed by atoms with Crippen molar-refractivity contribution in [3.8, 4) is 0 Å². The largest absolute Gasteiger partial charge is 0.500 e. The molecule has 1 unspecified atom stereocenters. The Hall–Kier alpha value is -3.28.